The van der Waals surface area contributed by atoms with Crippen molar-refractivity contribution in [3.05, 3.63) is 41.2 Å². The number of ether oxygens (including phenoxy) is 1. The van der Waals surface area contributed by atoms with Crippen LogP contribution in [0.2, 0.25) is 0 Å². The van der Waals surface area contributed by atoms with Crippen LogP contribution in [0.5, 0.6) is 0 Å². The average molecular weight is 296 g/mol. The Hall–Kier alpha value is -2.68. The summed E-state index contributed by atoms with van der Waals surface area (Å²) >= 11 is 0. The van der Waals surface area contributed by atoms with Crippen LogP contribution in [0.15, 0.2) is 24.3 Å². The maximum atomic E-state index is 12.0. The van der Waals surface area contributed by atoms with Crippen molar-refractivity contribution in [1.82, 2.24) is 15.0 Å². The van der Waals surface area contributed by atoms with E-state index in [2.05, 4.69) is 16.4 Å². The Morgan fingerprint density at radius 1 is 1.50 bits per heavy atom. The van der Waals surface area contributed by atoms with Crippen LogP contribution < -0.4 is 0 Å². The summed E-state index contributed by atoms with van der Waals surface area (Å²) < 4.78 is 6.81. The molecule has 0 saturated heterocycles. The number of benzene rings is 1. The minimum Gasteiger partial charge on any atom is -0.462 e. The van der Waals surface area contributed by atoms with Gasteiger partial charge < -0.3 is 4.74 Å². The van der Waals surface area contributed by atoms with Gasteiger partial charge in [0, 0.05) is 5.92 Å². The van der Waals surface area contributed by atoms with Gasteiger partial charge in [-0.2, -0.15) is 5.26 Å². The molecule has 0 unspecified atom stereocenters. The minimum atomic E-state index is -0.350. The fraction of sp³-hybridized carbons (Fsp3) is 0.375. The van der Waals surface area contributed by atoms with E-state index in [9.17, 15) is 4.79 Å². The van der Waals surface area contributed by atoms with Crippen LogP contribution in [-0.2, 0) is 4.74 Å². The molecular formula is C16H16N4O2. The third-order valence-electron chi connectivity index (χ3n) is 3.54. The molecule has 3 rings (SSSR count). The highest BCUT2D eigenvalue weighted by atomic mass is 16.5. The molecule has 1 aliphatic carbocycles. The van der Waals surface area contributed by atoms with Crippen LogP contribution in [0.1, 0.15) is 53.8 Å². The van der Waals surface area contributed by atoms with Crippen LogP contribution in [0, 0.1) is 11.3 Å². The molecule has 0 atom stereocenters. The lowest BCUT2D eigenvalue weighted by Crippen LogP contribution is -2.08. The van der Waals surface area contributed by atoms with Gasteiger partial charge in [-0.1, -0.05) is 18.2 Å². The van der Waals surface area contributed by atoms with E-state index < -0.39 is 0 Å². The van der Waals surface area contributed by atoms with Gasteiger partial charge in [0.1, 0.15) is 6.07 Å². The zero-order valence-corrected chi connectivity index (χ0v) is 12.3. The molecule has 0 amide bonds. The molecule has 1 heterocycles. The van der Waals surface area contributed by atoms with Gasteiger partial charge in [-0.05, 0) is 37.5 Å². The van der Waals surface area contributed by atoms with Gasteiger partial charge in [0.05, 0.1) is 23.6 Å². The predicted octanol–water partition coefficient (Wildman–Crippen LogP) is 2.58. The second-order valence-electron chi connectivity index (χ2n) is 5.31. The zero-order valence-electron chi connectivity index (χ0n) is 12.3. The molecule has 1 fully saturated rings. The van der Waals surface area contributed by atoms with E-state index in [0.717, 1.165) is 30.6 Å². The maximum Gasteiger partial charge on any atom is 0.338 e. The molecule has 1 aromatic heterocycles. The van der Waals surface area contributed by atoms with E-state index in [1.54, 1.807) is 22.9 Å². The first-order valence-corrected chi connectivity index (χ1v) is 7.37. The zero-order chi connectivity index (χ0) is 15.5. The molecule has 1 aliphatic rings. The van der Waals surface area contributed by atoms with Crippen molar-refractivity contribution < 1.29 is 9.53 Å². The molecular weight excluding hydrogens is 280 g/mol. The SMILES string of the molecule is CCCOC(=O)c1cccc(-n2nnc(C#N)c2C2CC2)c1. The Labute approximate surface area is 128 Å². The van der Waals surface area contributed by atoms with Crippen LogP contribution >= 0.6 is 0 Å². The molecule has 1 aromatic carbocycles. The normalized spacial score (nSPS) is 13.6. The van der Waals surface area contributed by atoms with Gasteiger partial charge in [0.25, 0.3) is 0 Å². The van der Waals surface area contributed by atoms with Gasteiger partial charge >= 0.3 is 5.97 Å². The number of carbonyl (C=O) groups excluding carboxylic acids is 1. The van der Waals surface area contributed by atoms with Crippen LogP contribution in [0.3, 0.4) is 0 Å². The summed E-state index contributed by atoms with van der Waals surface area (Å²) in [5.41, 5.74) is 2.39. The van der Waals surface area contributed by atoms with Gasteiger partial charge in [-0.25, -0.2) is 9.48 Å². The summed E-state index contributed by atoms with van der Waals surface area (Å²) in [6.07, 6.45) is 2.87. The average Bonchev–Trinajstić information content (AvgIpc) is 3.31. The Kier molecular flexibility index (Phi) is 3.88. The van der Waals surface area contributed by atoms with Crippen molar-refractivity contribution >= 4 is 5.97 Å². The van der Waals surface area contributed by atoms with Gasteiger partial charge in [-0.15, -0.1) is 5.10 Å². The highest BCUT2D eigenvalue weighted by molar-refractivity contribution is 5.90. The summed E-state index contributed by atoms with van der Waals surface area (Å²) in [4.78, 5) is 12.0. The highest BCUT2D eigenvalue weighted by Crippen LogP contribution is 2.41. The molecule has 0 aliphatic heterocycles. The number of carbonyl (C=O) groups is 1. The first-order chi connectivity index (χ1) is 10.7. The maximum absolute atomic E-state index is 12.0. The van der Waals surface area contributed by atoms with Gasteiger partial charge in [-0.3, -0.25) is 0 Å². The lowest BCUT2D eigenvalue weighted by molar-refractivity contribution is 0.0505. The van der Waals surface area contributed by atoms with Crippen molar-refractivity contribution in [2.24, 2.45) is 0 Å². The Bertz CT molecular complexity index is 741. The lowest BCUT2D eigenvalue weighted by Gasteiger charge is -2.08. The number of hydrogen-bond acceptors (Lipinski definition) is 5. The molecule has 0 radical (unpaired) electrons. The molecule has 0 bridgehead atoms. The van der Waals surface area contributed by atoms with Crippen molar-refractivity contribution in [3.8, 4) is 11.8 Å². The molecule has 112 valence electrons. The van der Waals surface area contributed by atoms with Gasteiger partial charge in [0.2, 0.25) is 0 Å². The molecule has 0 spiro atoms. The van der Waals surface area contributed by atoms with Crippen molar-refractivity contribution in [3.63, 3.8) is 0 Å². The minimum absolute atomic E-state index is 0.334. The standard InChI is InChI=1S/C16H16N4O2/c1-2-8-22-16(21)12-4-3-5-13(9-12)20-15(11-6-7-11)14(10-17)18-19-20/h3-5,9,11H,2,6-8H2,1H3. The van der Waals surface area contributed by atoms with Crippen LogP contribution in [-0.4, -0.2) is 27.6 Å². The number of nitriles is 1. The van der Waals surface area contributed by atoms with Crippen molar-refractivity contribution in [2.75, 3.05) is 6.61 Å². The smallest absolute Gasteiger partial charge is 0.338 e. The van der Waals surface area contributed by atoms with E-state index in [1.807, 2.05) is 13.0 Å². The summed E-state index contributed by atoms with van der Waals surface area (Å²) in [6.45, 7) is 2.35. The fourth-order valence-electron chi connectivity index (χ4n) is 2.33. The third kappa shape index (κ3) is 2.70. The van der Waals surface area contributed by atoms with Gasteiger partial charge in [0.15, 0.2) is 5.69 Å². The van der Waals surface area contributed by atoms with Crippen LogP contribution in [0.4, 0.5) is 0 Å². The Morgan fingerprint density at radius 2 is 2.32 bits per heavy atom. The Morgan fingerprint density at radius 3 is 3.00 bits per heavy atom. The van der Waals surface area contributed by atoms with Crippen molar-refractivity contribution in [2.45, 2.75) is 32.1 Å². The largest absolute Gasteiger partial charge is 0.462 e. The fourth-order valence-corrected chi connectivity index (χ4v) is 2.33. The number of hydrogen-bond donors (Lipinski definition) is 0. The molecule has 1 saturated carbocycles. The molecule has 0 N–H and O–H groups in total. The molecule has 22 heavy (non-hydrogen) atoms. The molecule has 2 aromatic rings. The summed E-state index contributed by atoms with van der Waals surface area (Å²) in [6, 6.07) is 9.14. The van der Waals surface area contributed by atoms with E-state index >= 15 is 0 Å². The van der Waals surface area contributed by atoms with Crippen LogP contribution in [0.25, 0.3) is 5.69 Å². The van der Waals surface area contributed by atoms with E-state index in [-0.39, 0.29) is 5.97 Å². The van der Waals surface area contributed by atoms with Crippen molar-refractivity contribution in [1.29, 1.82) is 5.26 Å². The van der Waals surface area contributed by atoms with E-state index in [4.69, 9.17) is 10.00 Å². The third-order valence-corrected chi connectivity index (χ3v) is 3.54. The number of aromatic nitrogens is 3. The molecule has 6 heteroatoms. The Balaban J connectivity index is 1.94. The van der Waals surface area contributed by atoms with E-state index in [0.29, 0.717) is 23.8 Å². The first kappa shape index (κ1) is 14.3. The number of esters is 1. The predicted molar refractivity (Wildman–Crippen MR) is 78.6 cm³/mol. The number of rotatable bonds is 5. The van der Waals surface area contributed by atoms with E-state index in [1.165, 1.54) is 0 Å². The second-order valence-corrected chi connectivity index (χ2v) is 5.31. The quantitative estimate of drug-likeness (QED) is 0.792. The molecule has 6 nitrogen and oxygen atoms in total. The summed E-state index contributed by atoms with van der Waals surface area (Å²) in [5.74, 6) is -0.0161. The summed E-state index contributed by atoms with van der Waals surface area (Å²) in [7, 11) is 0. The summed E-state index contributed by atoms with van der Waals surface area (Å²) in [5, 5.41) is 17.2. The number of nitrogens with zero attached hydrogens (tertiary/aromatic N) is 4. The first-order valence-electron chi connectivity index (χ1n) is 7.37. The second kappa shape index (κ2) is 5.98. The highest BCUT2D eigenvalue weighted by Gasteiger charge is 2.32. The topological polar surface area (TPSA) is 80.8 Å². The monoisotopic (exact) mass is 296 g/mol. The lowest BCUT2D eigenvalue weighted by atomic mass is 10.2.